The summed E-state index contributed by atoms with van der Waals surface area (Å²) in [5, 5.41) is 14.6. The maximum absolute atomic E-state index is 13.6. The fraction of sp³-hybridized carbons (Fsp3) is 0.100. The van der Waals surface area contributed by atoms with Gasteiger partial charge in [0.2, 0.25) is 0 Å². The van der Waals surface area contributed by atoms with E-state index in [1.807, 2.05) is 0 Å². The number of nitrogens with two attached hydrogens (primary N) is 1. The van der Waals surface area contributed by atoms with Crippen LogP contribution >= 0.6 is 0 Å². The zero-order chi connectivity index (χ0) is 12.6. The lowest BCUT2D eigenvalue weighted by Crippen LogP contribution is -2.04. The molecule has 0 aliphatic heterocycles. The summed E-state index contributed by atoms with van der Waals surface area (Å²) in [7, 11) is 0. The standard InChI is InChI=1S/C10H9FN4O2/c1-6-5-14(13-10(6)12)9-7(11)3-2-4-8(9)15(16)17/h2-5H,1H3,(H2,12,13). The Hall–Kier alpha value is -2.44. The molecule has 7 heteroatoms. The van der Waals surface area contributed by atoms with E-state index in [4.69, 9.17) is 5.73 Å². The SMILES string of the molecule is Cc1cn(-c2c(F)cccc2[N+](=O)[O-])nc1N. The van der Waals surface area contributed by atoms with Gasteiger partial charge in [-0.15, -0.1) is 0 Å². The Balaban J connectivity index is 2.69. The third-order valence-electron chi connectivity index (χ3n) is 2.33. The zero-order valence-corrected chi connectivity index (χ0v) is 8.92. The molecule has 0 saturated heterocycles. The second-order valence-corrected chi connectivity index (χ2v) is 3.51. The smallest absolute Gasteiger partial charge is 0.297 e. The summed E-state index contributed by atoms with van der Waals surface area (Å²) in [6.45, 7) is 1.69. The van der Waals surface area contributed by atoms with Crippen LogP contribution in [0.15, 0.2) is 24.4 Å². The third-order valence-corrected chi connectivity index (χ3v) is 2.33. The van der Waals surface area contributed by atoms with Crippen LogP contribution in [0.4, 0.5) is 15.9 Å². The first-order chi connectivity index (χ1) is 8.00. The van der Waals surface area contributed by atoms with E-state index in [1.54, 1.807) is 6.92 Å². The molecular formula is C10H9FN4O2. The normalized spacial score (nSPS) is 10.5. The fourth-order valence-corrected chi connectivity index (χ4v) is 1.47. The van der Waals surface area contributed by atoms with Gasteiger partial charge in [0.15, 0.2) is 11.5 Å². The second kappa shape index (κ2) is 3.85. The van der Waals surface area contributed by atoms with E-state index in [1.165, 1.54) is 18.3 Å². The largest absolute Gasteiger partial charge is 0.382 e. The minimum Gasteiger partial charge on any atom is -0.382 e. The number of para-hydroxylation sites is 1. The predicted molar refractivity (Wildman–Crippen MR) is 59.3 cm³/mol. The van der Waals surface area contributed by atoms with Crippen molar-refractivity contribution in [3.05, 3.63) is 45.9 Å². The minimum absolute atomic E-state index is 0.211. The van der Waals surface area contributed by atoms with Crippen molar-refractivity contribution in [1.29, 1.82) is 0 Å². The number of nitro benzene ring substituents is 1. The van der Waals surface area contributed by atoms with Gasteiger partial charge in [-0.1, -0.05) is 6.07 Å². The summed E-state index contributed by atoms with van der Waals surface area (Å²) in [5.41, 5.74) is 5.59. The predicted octanol–water partition coefficient (Wildman–Crippen LogP) is 1.81. The first-order valence-corrected chi connectivity index (χ1v) is 4.75. The van der Waals surface area contributed by atoms with Gasteiger partial charge in [0.05, 0.1) is 4.92 Å². The highest BCUT2D eigenvalue weighted by molar-refractivity contribution is 5.54. The van der Waals surface area contributed by atoms with Crippen molar-refractivity contribution in [3.63, 3.8) is 0 Å². The Morgan fingerprint density at radius 1 is 1.53 bits per heavy atom. The summed E-state index contributed by atoms with van der Waals surface area (Å²) in [6.07, 6.45) is 1.45. The average molecular weight is 236 g/mol. The van der Waals surface area contributed by atoms with Gasteiger partial charge >= 0.3 is 0 Å². The van der Waals surface area contributed by atoms with E-state index < -0.39 is 10.7 Å². The maximum Gasteiger partial charge on any atom is 0.297 e. The summed E-state index contributed by atoms with van der Waals surface area (Å²) in [5.74, 6) is -0.510. The molecule has 0 amide bonds. The molecule has 0 saturated carbocycles. The van der Waals surface area contributed by atoms with E-state index >= 15 is 0 Å². The Bertz CT molecular complexity index is 574. The van der Waals surface area contributed by atoms with Crippen molar-refractivity contribution in [3.8, 4) is 5.69 Å². The number of nitrogens with zero attached hydrogens (tertiary/aromatic N) is 3. The molecule has 2 N–H and O–H groups in total. The zero-order valence-electron chi connectivity index (χ0n) is 8.92. The molecule has 0 fully saturated rings. The van der Waals surface area contributed by atoms with Crippen molar-refractivity contribution in [1.82, 2.24) is 9.78 Å². The highest BCUT2D eigenvalue weighted by atomic mass is 19.1. The topological polar surface area (TPSA) is 87.0 Å². The molecule has 0 radical (unpaired) electrons. The van der Waals surface area contributed by atoms with E-state index in [0.29, 0.717) is 5.56 Å². The molecule has 2 aromatic rings. The van der Waals surface area contributed by atoms with Crippen molar-refractivity contribution < 1.29 is 9.31 Å². The number of nitrogen functional groups attached to an aromatic ring is 1. The van der Waals surface area contributed by atoms with Gasteiger partial charge in [-0.05, 0) is 13.0 Å². The van der Waals surface area contributed by atoms with Crippen LogP contribution in [0.2, 0.25) is 0 Å². The molecule has 0 unspecified atom stereocenters. The quantitative estimate of drug-likeness (QED) is 0.636. The lowest BCUT2D eigenvalue weighted by Gasteiger charge is -2.03. The number of rotatable bonds is 2. The second-order valence-electron chi connectivity index (χ2n) is 3.51. The Kier molecular flexibility index (Phi) is 2.51. The molecule has 0 spiro atoms. The number of halogens is 1. The molecule has 88 valence electrons. The molecule has 17 heavy (non-hydrogen) atoms. The van der Waals surface area contributed by atoms with Crippen LogP contribution in [0.5, 0.6) is 0 Å². The third kappa shape index (κ3) is 1.82. The Labute approximate surface area is 95.6 Å². The minimum atomic E-state index is -0.721. The van der Waals surface area contributed by atoms with Crippen LogP contribution in [0.3, 0.4) is 0 Å². The maximum atomic E-state index is 13.6. The van der Waals surface area contributed by atoms with Gasteiger partial charge in [-0.25, -0.2) is 9.07 Å². The van der Waals surface area contributed by atoms with Gasteiger partial charge in [-0.2, -0.15) is 5.10 Å². The van der Waals surface area contributed by atoms with Gasteiger partial charge < -0.3 is 5.73 Å². The molecule has 1 aromatic heterocycles. The van der Waals surface area contributed by atoms with Crippen LogP contribution in [-0.2, 0) is 0 Å². The highest BCUT2D eigenvalue weighted by Gasteiger charge is 2.20. The molecule has 1 aromatic carbocycles. The lowest BCUT2D eigenvalue weighted by molar-refractivity contribution is -0.384. The monoisotopic (exact) mass is 236 g/mol. The van der Waals surface area contributed by atoms with Gasteiger partial charge in [0, 0.05) is 17.8 Å². The van der Waals surface area contributed by atoms with Crippen LogP contribution in [0.1, 0.15) is 5.56 Å². The summed E-state index contributed by atoms with van der Waals surface area (Å²) in [6, 6.07) is 3.62. The summed E-state index contributed by atoms with van der Waals surface area (Å²) in [4.78, 5) is 10.1. The summed E-state index contributed by atoms with van der Waals surface area (Å²) >= 11 is 0. The van der Waals surface area contributed by atoms with Crippen LogP contribution in [0, 0.1) is 22.9 Å². The Morgan fingerprint density at radius 3 is 2.76 bits per heavy atom. The molecular weight excluding hydrogens is 227 g/mol. The number of hydrogen-bond acceptors (Lipinski definition) is 4. The van der Waals surface area contributed by atoms with Crippen molar-refractivity contribution in [2.45, 2.75) is 6.92 Å². The number of aryl methyl sites for hydroxylation is 1. The molecule has 0 aliphatic carbocycles. The van der Waals surface area contributed by atoms with Crippen LogP contribution in [0.25, 0.3) is 5.69 Å². The van der Waals surface area contributed by atoms with E-state index in [9.17, 15) is 14.5 Å². The average Bonchev–Trinajstić information content (AvgIpc) is 2.58. The molecule has 0 bridgehead atoms. The molecule has 6 nitrogen and oxygen atoms in total. The van der Waals surface area contributed by atoms with Crippen LogP contribution in [-0.4, -0.2) is 14.7 Å². The molecule has 1 heterocycles. The van der Waals surface area contributed by atoms with E-state index in [2.05, 4.69) is 5.10 Å². The number of hydrogen-bond donors (Lipinski definition) is 1. The van der Waals surface area contributed by atoms with Gasteiger partial charge in [-0.3, -0.25) is 10.1 Å². The van der Waals surface area contributed by atoms with Crippen molar-refractivity contribution >= 4 is 11.5 Å². The number of nitro groups is 1. The van der Waals surface area contributed by atoms with E-state index in [-0.39, 0.29) is 17.2 Å². The fourth-order valence-electron chi connectivity index (χ4n) is 1.47. The first-order valence-electron chi connectivity index (χ1n) is 4.75. The summed E-state index contributed by atoms with van der Waals surface area (Å²) < 4.78 is 14.7. The lowest BCUT2D eigenvalue weighted by atomic mass is 10.2. The van der Waals surface area contributed by atoms with Crippen molar-refractivity contribution in [2.75, 3.05) is 5.73 Å². The number of aromatic nitrogens is 2. The first kappa shape index (κ1) is 11.1. The highest BCUT2D eigenvalue weighted by Crippen LogP contribution is 2.26. The number of anilines is 1. The van der Waals surface area contributed by atoms with E-state index in [0.717, 1.165) is 10.7 Å². The molecule has 0 atom stereocenters. The van der Waals surface area contributed by atoms with Crippen molar-refractivity contribution in [2.24, 2.45) is 0 Å². The molecule has 2 rings (SSSR count). The van der Waals surface area contributed by atoms with Crippen LogP contribution < -0.4 is 5.73 Å². The van der Waals surface area contributed by atoms with Gasteiger partial charge in [0.25, 0.3) is 5.69 Å². The Morgan fingerprint density at radius 2 is 2.24 bits per heavy atom. The number of benzene rings is 1. The van der Waals surface area contributed by atoms with Gasteiger partial charge in [0.1, 0.15) is 5.82 Å². The molecule has 0 aliphatic rings.